The van der Waals surface area contributed by atoms with Crippen LogP contribution >= 0.6 is 11.8 Å². The molecule has 0 atom stereocenters. The van der Waals surface area contributed by atoms with Crippen LogP contribution in [0.25, 0.3) is 6.08 Å². The average molecular weight is 439 g/mol. The highest BCUT2D eigenvalue weighted by Gasteiger charge is 2.15. The molecule has 0 bridgehead atoms. The number of carbonyl (C=O) groups is 3. The number of nitrogens with one attached hydrogen (secondary N) is 3. The van der Waals surface area contributed by atoms with Crippen LogP contribution in [0.4, 0.5) is 5.69 Å². The van der Waals surface area contributed by atoms with Gasteiger partial charge in [0.1, 0.15) is 0 Å². The number of hydrogen-bond acceptors (Lipinski definition) is 6. The lowest BCUT2D eigenvalue weighted by atomic mass is 10.1. The second-order valence-corrected chi connectivity index (χ2v) is 8.47. The molecule has 1 saturated heterocycles. The van der Waals surface area contributed by atoms with Crippen LogP contribution in [0.2, 0.25) is 0 Å². The van der Waals surface area contributed by atoms with Gasteiger partial charge in [0.25, 0.3) is 0 Å². The SMILES string of the molecule is O=C(NCCSC1CCNCC1)C(=O)Nc1ccc(C(=O)/C=C/c2ccccn2)cc1. The summed E-state index contributed by atoms with van der Waals surface area (Å²) in [6, 6.07) is 11.9. The van der Waals surface area contributed by atoms with Gasteiger partial charge in [-0.2, -0.15) is 11.8 Å². The standard InChI is InChI=1S/C23H26N4O3S/c28-21(9-8-18-3-1-2-12-25-18)17-4-6-19(7-5-17)27-23(30)22(29)26-15-16-31-20-10-13-24-14-11-20/h1-9,12,20,24H,10-11,13-16H2,(H,26,29)(H,27,30)/b9-8+. The Bertz CT molecular complexity index is 910. The minimum absolute atomic E-state index is 0.174. The van der Waals surface area contributed by atoms with Crippen molar-refractivity contribution in [3.63, 3.8) is 0 Å². The number of pyridine rings is 1. The molecule has 2 aromatic rings. The molecular weight excluding hydrogens is 412 g/mol. The highest BCUT2D eigenvalue weighted by Crippen LogP contribution is 2.19. The molecule has 1 aliphatic rings. The second kappa shape index (κ2) is 12.0. The topological polar surface area (TPSA) is 100 Å². The van der Waals surface area contributed by atoms with Crippen molar-refractivity contribution in [1.82, 2.24) is 15.6 Å². The number of anilines is 1. The number of nitrogens with zero attached hydrogens (tertiary/aromatic N) is 1. The number of rotatable bonds is 8. The molecule has 1 aromatic carbocycles. The fourth-order valence-electron chi connectivity index (χ4n) is 3.07. The van der Waals surface area contributed by atoms with E-state index < -0.39 is 11.8 Å². The summed E-state index contributed by atoms with van der Waals surface area (Å²) in [6.07, 6.45) is 7.02. The van der Waals surface area contributed by atoms with E-state index in [-0.39, 0.29) is 5.78 Å². The van der Waals surface area contributed by atoms with Gasteiger partial charge in [0.2, 0.25) is 0 Å². The second-order valence-electron chi connectivity index (χ2n) is 7.06. The molecule has 3 N–H and O–H groups in total. The molecule has 2 amide bonds. The van der Waals surface area contributed by atoms with Gasteiger partial charge in [-0.1, -0.05) is 6.07 Å². The number of piperidine rings is 1. The number of hydrogen-bond donors (Lipinski definition) is 3. The van der Waals surface area contributed by atoms with Crippen LogP contribution in [-0.4, -0.2) is 53.2 Å². The predicted octanol–water partition coefficient (Wildman–Crippen LogP) is 2.52. The maximum absolute atomic E-state index is 12.2. The van der Waals surface area contributed by atoms with Gasteiger partial charge < -0.3 is 16.0 Å². The van der Waals surface area contributed by atoms with Crippen LogP contribution in [0.3, 0.4) is 0 Å². The Morgan fingerprint density at radius 3 is 2.55 bits per heavy atom. The van der Waals surface area contributed by atoms with E-state index in [9.17, 15) is 14.4 Å². The zero-order valence-electron chi connectivity index (χ0n) is 17.2. The summed E-state index contributed by atoms with van der Waals surface area (Å²) in [5, 5.41) is 9.14. The summed E-state index contributed by atoms with van der Waals surface area (Å²) in [6.45, 7) is 2.53. The molecule has 1 aliphatic heterocycles. The number of thioether (sulfide) groups is 1. The number of ketones is 1. The van der Waals surface area contributed by atoms with E-state index in [1.165, 1.54) is 6.08 Å². The molecule has 0 spiro atoms. The van der Waals surface area contributed by atoms with Crippen LogP contribution in [-0.2, 0) is 9.59 Å². The summed E-state index contributed by atoms with van der Waals surface area (Å²) in [4.78, 5) is 40.4. The maximum atomic E-state index is 12.2. The van der Waals surface area contributed by atoms with Gasteiger partial charge in [-0.3, -0.25) is 19.4 Å². The van der Waals surface area contributed by atoms with Crippen LogP contribution in [0.1, 0.15) is 28.9 Å². The van der Waals surface area contributed by atoms with Crippen molar-refractivity contribution in [1.29, 1.82) is 0 Å². The van der Waals surface area contributed by atoms with E-state index in [4.69, 9.17) is 0 Å². The lowest BCUT2D eigenvalue weighted by Gasteiger charge is -2.21. The summed E-state index contributed by atoms with van der Waals surface area (Å²) in [5.74, 6) is -0.773. The third kappa shape index (κ3) is 7.66. The first kappa shape index (κ1) is 22.7. The Kier molecular flexibility index (Phi) is 8.81. The van der Waals surface area contributed by atoms with E-state index in [2.05, 4.69) is 20.9 Å². The van der Waals surface area contributed by atoms with Crippen molar-refractivity contribution in [2.24, 2.45) is 0 Å². The fraction of sp³-hybridized carbons (Fsp3) is 0.304. The predicted molar refractivity (Wildman–Crippen MR) is 124 cm³/mol. The fourth-order valence-corrected chi connectivity index (χ4v) is 4.19. The number of aromatic nitrogens is 1. The maximum Gasteiger partial charge on any atom is 0.313 e. The van der Waals surface area contributed by atoms with Crippen LogP contribution in [0.15, 0.2) is 54.7 Å². The van der Waals surface area contributed by atoms with E-state index in [0.29, 0.717) is 28.7 Å². The molecule has 0 unspecified atom stereocenters. The largest absolute Gasteiger partial charge is 0.347 e. The van der Waals surface area contributed by atoms with Crippen molar-refractivity contribution < 1.29 is 14.4 Å². The monoisotopic (exact) mass is 438 g/mol. The zero-order chi connectivity index (χ0) is 21.9. The molecule has 0 aliphatic carbocycles. The summed E-state index contributed by atoms with van der Waals surface area (Å²) in [5.41, 5.74) is 1.62. The molecule has 2 heterocycles. The highest BCUT2D eigenvalue weighted by molar-refractivity contribution is 7.99. The number of carbonyl (C=O) groups excluding carboxylic acids is 3. The molecule has 1 aromatic heterocycles. The normalized spacial score (nSPS) is 14.3. The molecule has 162 valence electrons. The lowest BCUT2D eigenvalue weighted by molar-refractivity contribution is -0.136. The van der Waals surface area contributed by atoms with Gasteiger partial charge in [0.15, 0.2) is 5.78 Å². The van der Waals surface area contributed by atoms with E-state index in [0.717, 1.165) is 31.7 Å². The third-order valence-corrected chi connectivity index (χ3v) is 6.14. The summed E-state index contributed by atoms with van der Waals surface area (Å²) < 4.78 is 0. The van der Waals surface area contributed by atoms with Crippen molar-refractivity contribution >= 4 is 41.1 Å². The van der Waals surface area contributed by atoms with Gasteiger partial charge >= 0.3 is 11.8 Å². The van der Waals surface area contributed by atoms with E-state index >= 15 is 0 Å². The summed E-state index contributed by atoms with van der Waals surface area (Å²) in [7, 11) is 0. The zero-order valence-corrected chi connectivity index (χ0v) is 18.0. The minimum Gasteiger partial charge on any atom is -0.347 e. The Morgan fingerprint density at radius 2 is 1.84 bits per heavy atom. The molecular formula is C23H26N4O3S. The number of amides is 2. The van der Waals surface area contributed by atoms with Gasteiger partial charge in [0.05, 0.1) is 5.69 Å². The van der Waals surface area contributed by atoms with Crippen LogP contribution < -0.4 is 16.0 Å². The average Bonchev–Trinajstić information content (AvgIpc) is 2.82. The highest BCUT2D eigenvalue weighted by atomic mass is 32.2. The Morgan fingerprint density at radius 1 is 1.06 bits per heavy atom. The first-order valence-corrected chi connectivity index (χ1v) is 11.3. The van der Waals surface area contributed by atoms with Crippen molar-refractivity contribution in [2.45, 2.75) is 18.1 Å². The van der Waals surface area contributed by atoms with E-state index in [1.807, 2.05) is 17.8 Å². The van der Waals surface area contributed by atoms with Gasteiger partial charge in [-0.25, -0.2) is 0 Å². The quantitative estimate of drug-likeness (QED) is 0.253. The number of allylic oxidation sites excluding steroid dienone is 1. The van der Waals surface area contributed by atoms with Crippen LogP contribution in [0.5, 0.6) is 0 Å². The molecule has 3 rings (SSSR count). The molecule has 0 saturated carbocycles. The molecule has 8 heteroatoms. The van der Waals surface area contributed by atoms with Crippen LogP contribution in [0, 0.1) is 0 Å². The van der Waals surface area contributed by atoms with Gasteiger partial charge in [-0.05, 0) is 74.5 Å². The Labute approximate surface area is 186 Å². The molecule has 1 fully saturated rings. The van der Waals surface area contributed by atoms with Crippen molar-refractivity contribution in [3.05, 3.63) is 66.0 Å². The molecule has 7 nitrogen and oxygen atoms in total. The van der Waals surface area contributed by atoms with Gasteiger partial charge in [-0.15, -0.1) is 0 Å². The smallest absolute Gasteiger partial charge is 0.313 e. The number of benzene rings is 1. The lowest BCUT2D eigenvalue weighted by Crippen LogP contribution is -2.37. The first-order chi connectivity index (χ1) is 15.1. The Hall–Kier alpha value is -2.97. The third-order valence-electron chi connectivity index (χ3n) is 4.75. The Balaban J connectivity index is 1.41. The molecule has 0 radical (unpaired) electrons. The molecule has 31 heavy (non-hydrogen) atoms. The summed E-state index contributed by atoms with van der Waals surface area (Å²) >= 11 is 1.83. The van der Waals surface area contributed by atoms with Crippen molar-refractivity contribution in [3.8, 4) is 0 Å². The van der Waals surface area contributed by atoms with Crippen molar-refractivity contribution in [2.75, 3.05) is 30.7 Å². The van der Waals surface area contributed by atoms with E-state index in [1.54, 1.807) is 48.7 Å². The minimum atomic E-state index is -0.721. The van der Waals surface area contributed by atoms with Gasteiger partial charge in [0, 0.05) is 35.0 Å². The first-order valence-electron chi connectivity index (χ1n) is 10.3.